The minimum atomic E-state index is -0.504. The molecule has 0 saturated heterocycles. The lowest BCUT2D eigenvalue weighted by Crippen LogP contribution is -2.25. The number of nitro benzene ring substituents is 1. The van der Waals surface area contributed by atoms with Gasteiger partial charge in [0.05, 0.1) is 19.1 Å². The Morgan fingerprint density at radius 3 is 2.32 bits per heavy atom. The zero-order valence-electron chi connectivity index (χ0n) is 13.7. The van der Waals surface area contributed by atoms with Gasteiger partial charge in [-0.3, -0.25) is 14.9 Å². The molecule has 2 aromatic rings. The van der Waals surface area contributed by atoms with Crippen molar-refractivity contribution in [3.63, 3.8) is 0 Å². The minimum Gasteiger partial charge on any atom is -0.493 e. The maximum absolute atomic E-state index is 12.1. The molecule has 2 aromatic carbocycles. The topological polar surface area (TPSA) is 90.7 Å². The first-order valence-electron chi connectivity index (χ1n) is 7.39. The summed E-state index contributed by atoms with van der Waals surface area (Å²) < 4.78 is 11.4. The molecule has 0 aromatic heterocycles. The van der Waals surface area contributed by atoms with Crippen LogP contribution < -0.4 is 14.8 Å². The summed E-state index contributed by atoms with van der Waals surface area (Å²) in [5.74, 6) is 0.946. The number of amides is 1. The molecular weight excluding hydrogens is 392 g/mol. The van der Waals surface area contributed by atoms with E-state index in [1.807, 2.05) is 12.1 Å². The fraction of sp³-hybridized carbons (Fsp3) is 0.235. The largest absolute Gasteiger partial charge is 0.493 e. The number of hydrogen-bond acceptors (Lipinski definition) is 5. The maximum atomic E-state index is 12.1. The summed E-state index contributed by atoms with van der Waals surface area (Å²) in [5.41, 5.74) is 1.28. The molecule has 0 radical (unpaired) electrons. The fourth-order valence-corrected chi connectivity index (χ4v) is 2.76. The lowest BCUT2D eigenvalue weighted by atomic mass is 10.1. The number of nitro groups is 1. The molecule has 25 heavy (non-hydrogen) atoms. The third-order valence-corrected chi connectivity index (χ3v) is 4.31. The minimum absolute atomic E-state index is 0.0502. The van der Waals surface area contributed by atoms with Crippen LogP contribution in [-0.4, -0.2) is 31.6 Å². The Morgan fingerprint density at radius 1 is 1.16 bits per heavy atom. The van der Waals surface area contributed by atoms with Crippen LogP contribution in [0.25, 0.3) is 0 Å². The third kappa shape index (κ3) is 4.69. The summed E-state index contributed by atoms with van der Waals surface area (Å²) in [5, 5.41) is 13.4. The van der Waals surface area contributed by atoms with E-state index in [1.54, 1.807) is 14.2 Å². The predicted octanol–water partition coefficient (Wildman–Crippen LogP) is 3.35. The molecule has 1 amide bonds. The van der Waals surface area contributed by atoms with Crippen molar-refractivity contribution in [3.05, 3.63) is 62.1 Å². The lowest BCUT2D eigenvalue weighted by molar-refractivity contribution is -0.384. The van der Waals surface area contributed by atoms with Crippen LogP contribution in [0.5, 0.6) is 11.5 Å². The summed E-state index contributed by atoms with van der Waals surface area (Å²) in [6.45, 7) is 0.407. The molecule has 1 N–H and O–H groups in total. The van der Waals surface area contributed by atoms with E-state index in [2.05, 4.69) is 21.2 Å². The molecule has 0 unspecified atom stereocenters. The first-order chi connectivity index (χ1) is 12.0. The van der Waals surface area contributed by atoms with Crippen LogP contribution in [0.1, 0.15) is 15.9 Å². The number of non-ortho nitro benzene ring substituents is 1. The molecule has 0 aliphatic heterocycles. The average Bonchev–Trinajstić information content (AvgIpc) is 2.62. The maximum Gasteiger partial charge on any atom is 0.269 e. The molecule has 0 atom stereocenters. The van der Waals surface area contributed by atoms with Crippen molar-refractivity contribution < 1.29 is 19.2 Å². The number of ether oxygens (including phenoxy) is 2. The molecule has 0 heterocycles. The van der Waals surface area contributed by atoms with Gasteiger partial charge >= 0.3 is 0 Å². The van der Waals surface area contributed by atoms with Crippen LogP contribution in [0.2, 0.25) is 0 Å². The Balaban J connectivity index is 1.98. The number of nitrogens with zero attached hydrogens (tertiary/aromatic N) is 1. The first-order valence-corrected chi connectivity index (χ1v) is 8.18. The second-order valence-electron chi connectivity index (χ2n) is 5.11. The van der Waals surface area contributed by atoms with E-state index >= 15 is 0 Å². The van der Waals surface area contributed by atoms with E-state index in [0.717, 1.165) is 10.0 Å². The number of rotatable bonds is 7. The SMILES string of the molecule is COc1cc(Br)c(CCNC(=O)c2ccc([N+](=O)[O-])cc2)cc1OC. The smallest absolute Gasteiger partial charge is 0.269 e. The molecule has 0 aliphatic carbocycles. The lowest BCUT2D eigenvalue weighted by Gasteiger charge is -2.12. The van der Waals surface area contributed by atoms with Gasteiger partial charge in [-0.05, 0) is 36.2 Å². The second kappa shape index (κ2) is 8.48. The summed E-state index contributed by atoms with van der Waals surface area (Å²) in [4.78, 5) is 22.2. The fourth-order valence-electron chi connectivity index (χ4n) is 2.24. The van der Waals surface area contributed by atoms with Crippen molar-refractivity contribution in [2.24, 2.45) is 0 Å². The first kappa shape index (κ1) is 18.7. The van der Waals surface area contributed by atoms with E-state index in [9.17, 15) is 14.9 Å². The molecular formula is C17H17BrN2O5. The summed E-state index contributed by atoms with van der Waals surface area (Å²) in [6, 6.07) is 9.13. The number of benzene rings is 2. The molecule has 0 fully saturated rings. The van der Waals surface area contributed by atoms with E-state index in [4.69, 9.17) is 9.47 Å². The molecule has 7 nitrogen and oxygen atoms in total. The summed E-state index contributed by atoms with van der Waals surface area (Å²) in [6.07, 6.45) is 0.583. The standard InChI is InChI=1S/C17H17BrN2O5/c1-24-15-9-12(14(18)10-16(15)25-2)7-8-19-17(21)11-3-5-13(6-4-11)20(22)23/h3-6,9-10H,7-8H2,1-2H3,(H,19,21). The van der Waals surface area contributed by atoms with E-state index in [-0.39, 0.29) is 11.6 Å². The number of carbonyl (C=O) groups excluding carboxylic acids is 1. The predicted molar refractivity (Wildman–Crippen MR) is 96.4 cm³/mol. The van der Waals surface area contributed by atoms with Crippen molar-refractivity contribution in [1.29, 1.82) is 0 Å². The number of nitrogens with one attached hydrogen (secondary N) is 1. The normalized spacial score (nSPS) is 10.2. The Kier molecular flexibility index (Phi) is 6.35. The Labute approximate surface area is 153 Å². The van der Waals surface area contributed by atoms with E-state index in [0.29, 0.717) is 30.0 Å². The molecule has 8 heteroatoms. The van der Waals surface area contributed by atoms with Gasteiger partial charge in [0.15, 0.2) is 11.5 Å². The van der Waals surface area contributed by atoms with Gasteiger partial charge in [-0.2, -0.15) is 0 Å². The number of methoxy groups -OCH3 is 2. The van der Waals surface area contributed by atoms with Crippen LogP contribution in [-0.2, 0) is 6.42 Å². The van der Waals surface area contributed by atoms with Crippen molar-refractivity contribution in [1.82, 2.24) is 5.32 Å². The molecule has 0 spiro atoms. The van der Waals surface area contributed by atoms with Crippen LogP contribution in [0.15, 0.2) is 40.9 Å². The number of halogens is 1. The molecule has 132 valence electrons. The van der Waals surface area contributed by atoms with Gasteiger partial charge in [0, 0.05) is 28.7 Å². The van der Waals surface area contributed by atoms with Gasteiger partial charge in [0.25, 0.3) is 11.6 Å². The second-order valence-corrected chi connectivity index (χ2v) is 5.96. The molecule has 2 rings (SSSR count). The van der Waals surface area contributed by atoms with Gasteiger partial charge < -0.3 is 14.8 Å². The van der Waals surface area contributed by atoms with E-state index in [1.165, 1.54) is 24.3 Å². The molecule has 0 aliphatic rings. The van der Waals surface area contributed by atoms with Crippen molar-refractivity contribution in [3.8, 4) is 11.5 Å². The van der Waals surface area contributed by atoms with Gasteiger partial charge in [-0.15, -0.1) is 0 Å². The van der Waals surface area contributed by atoms with Gasteiger partial charge in [0.1, 0.15) is 0 Å². The highest BCUT2D eigenvalue weighted by molar-refractivity contribution is 9.10. The van der Waals surface area contributed by atoms with Crippen LogP contribution in [0, 0.1) is 10.1 Å². The summed E-state index contributed by atoms with van der Waals surface area (Å²) in [7, 11) is 3.13. The average molecular weight is 409 g/mol. The van der Waals surface area contributed by atoms with Crippen LogP contribution in [0.3, 0.4) is 0 Å². The third-order valence-electron chi connectivity index (χ3n) is 3.57. The number of carbonyl (C=O) groups is 1. The Morgan fingerprint density at radius 2 is 1.76 bits per heavy atom. The monoisotopic (exact) mass is 408 g/mol. The Bertz CT molecular complexity index is 777. The zero-order chi connectivity index (χ0) is 18.4. The number of hydrogen-bond donors (Lipinski definition) is 1. The van der Waals surface area contributed by atoms with Crippen molar-refractivity contribution in [2.75, 3.05) is 20.8 Å². The summed E-state index contributed by atoms with van der Waals surface area (Å²) >= 11 is 3.47. The zero-order valence-corrected chi connectivity index (χ0v) is 15.3. The van der Waals surface area contributed by atoms with Gasteiger partial charge in [0.2, 0.25) is 0 Å². The van der Waals surface area contributed by atoms with Crippen molar-refractivity contribution in [2.45, 2.75) is 6.42 Å². The quantitative estimate of drug-likeness (QED) is 0.560. The highest BCUT2D eigenvalue weighted by Crippen LogP contribution is 2.33. The van der Waals surface area contributed by atoms with Crippen molar-refractivity contribution >= 4 is 27.5 Å². The van der Waals surface area contributed by atoms with Gasteiger partial charge in [-0.1, -0.05) is 15.9 Å². The van der Waals surface area contributed by atoms with E-state index < -0.39 is 4.92 Å². The molecule has 0 bridgehead atoms. The Hall–Kier alpha value is -2.61. The highest BCUT2D eigenvalue weighted by Gasteiger charge is 2.11. The van der Waals surface area contributed by atoms with Crippen LogP contribution in [0.4, 0.5) is 5.69 Å². The van der Waals surface area contributed by atoms with Gasteiger partial charge in [-0.25, -0.2) is 0 Å². The highest BCUT2D eigenvalue weighted by atomic mass is 79.9. The molecule has 0 saturated carbocycles. The van der Waals surface area contributed by atoms with Crippen LogP contribution >= 0.6 is 15.9 Å².